The van der Waals surface area contributed by atoms with Gasteiger partial charge in [-0.1, -0.05) is 32.0 Å². The fourth-order valence-electron chi connectivity index (χ4n) is 2.13. The van der Waals surface area contributed by atoms with Gasteiger partial charge in [0.05, 0.1) is 25.7 Å². The Morgan fingerprint density at radius 1 is 1.32 bits per heavy atom. The Morgan fingerprint density at radius 3 is 2.45 bits per heavy atom. The molecule has 2 atom stereocenters. The lowest BCUT2D eigenvalue weighted by atomic mass is 10.1. The molecule has 1 rings (SSSR count). The van der Waals surface area contributed by atoms with Crippen molar-refractivity contribution in [2.24, 2.45) is 5.92 Å². The normalized spacial score (nSPS) is 13.1. The molecular weight excluding hydrogens is 284 g/mol. The summed E-state index contributed by atoms with van der Waals surface area (Å²) >= 11 is 0. The average Bonchev–Trinajstić information content (AvgIpc) is 2.54. The quantitative estimate of drug-likeness (QED) is 0.756. The zero-order valence-electron chi connectivity index (χ0n) is 13.3. The molecule has 1 aromatic rings. The summed E-state index contributed by atoms with van der Waals surface area (Å²) in [5.74, 6) is -0.850. The zero-order chi connectivity index (χ0) is 16.5. The molecule has 2 unspecified atom stereocenters. The lowest BCUT2D eigenvalue weighted by molar-refractivity contribution is -0.145. The van der Waals surface area contributed by atoms with Crippen molar-refractivity contribution in [2.75, 3.05) is 25.6 Å². The third-order valence-electron chi connectivity index (χ3n) is 3.48. The van der Waals surface area contributed by atoms with Crippen LogP contribution in [0.4, 0.5) is 10.5 Å². The number of aliphatic hydroxyl groups excluding tert-OH is 1. The second kappa shape index (κ2) is 9.04. The number of methoxy groups -OCH3 is 1. The van der Waals surface area contributed by atoms with Gasteiger partial charge in [-0.15, -0.1) is 0 Å². The van der Waals surface area contributed by atoms with E-state index in [4.69, 9.17) is 4.74 Å². The third kappa shape index (κ3) is 5.04. The second-order valence-electron chi connectivity index (χ2n) is 5.12. The van der Waals surface area contributed by atoms with Gasteiger partial charge in [0.2, 0.25) is 0 Å². The molecule has 0 aliphatic carbocycles. The number of carbonyl (C=O) groups is 2. The largest absolute Gasteiger partial charge is 0.469 e. The van der Waals surface area contributed by atoms with Gasteiger partial charge in [0.15, 0.2) is 0 Å². The first-order chi connectivity index (χ1) is 10.5. The van der Waals surface area contributed by atoms with Gasteiger partial charge in [-0.2, -0.15) is 0 Å². The molecule has 0 radical (unpaired) electrons. The van der Waals surface area contributed by atoms with E-state index < -0.39 is 5.92 Å². The number of para-hydroxylation sites is 1. The van der Waals surface area contributed by atoms with Gasteiger partial charge in [-0.25, -0.2) is 4.79 Å². The van der Waals surface area contributed by atoms with Crippen LogP contribution in [0.5, 0.6) is 0 Å². The van der Waals surface area contributed by atoms with Gasteiger partial charge < -0.3 is 20.1 Å². The Balaban J connectivity index is 2.84. The Hall–Kier alpha value is -2.08. The number of carbonyl (C=O) groups excluding carboxylic acids is 2. The van der Waals surface area contributed by atoms with E-state index in [0.29, 0.717) is 12.1 Å². The minimum Gasteiger partial charge on any atom is -0.469 e. The number of aliphatic hydroxyl groups is 1. The maximum atomic E-state index is 12.5. The highest BCUT2D eigenvalue weighted by molar-refractivity contribution is 5.89. The van der Waals surface area contributed by atoms with Crippen LogP contribution in [-0.2, 0) is 9.53 Å². The number of urea groups is 1. The lowest BCUT2D eigenvalue weighted by Gasteiger charge is -2.31. The predicted molar refractivity (Wildman–Crippen MR) is 84.5 cm³/mol. The highest BCUT2D eigenvalue weighted by Gasteiger charge is 2.26. The van der Waals surface area contributed by atoms with E-state index in [0.717, 1.165) is 0 Å². The SMILES string of the molecule is CCC(CO)N(CC(C)C(=O)OC)C(=O)Nc1ccccc1. The number of rotatable bonds is 7. The standard InChI is InChI=1S/C16H24N2O4/c1-4-14(11-19)18(10-12(2)15(20)22-3)16(21)17-13-8-6-5-7-9-13/h5-9,12,14,19H,4,10-11H2,1-3H3,(H,17,21). The molecular formula is C16H24N2O4. The van der Waals surface area contributed by atoms with Crippen molar-refractivity contribution in [3.63, 3.8) is 0 Å². The Labute approximate surface area is 131 Å². The number of nitrogens with zero attached hydrogens (tertiary/aromatic N) is 1. The van der Waals surface area contributed by atoms with Gasteiger partial charge in [0, 0.05) is 12.2 Å². The van der Waals surface area contributed by atoms with E-state index >= 15 is 0 Å². The highest BCUT2D eigenvalue weighted by Crippen LogP contribution is 2.13. The maximum absolute atomic E-state index is 12.5. The number of nitrogens with one attached hydrogen (secondary N) is 1. The molecule has 6 heteroatoms. The summed E-state index contributed by atoms with van der Waals surface area (Å²) in [5.41, 5.74) is 0.663. The molecule has 1 aromatic carbocycles. The highest BCUT2D eigenvalue weighted by atomic mass is 16.5. The van der Waals surface area contributed by atoms with Crippen molar-refractivity contribution in [1.29, 1.82) is 0 Å². The zero-order valence-corrected chi connectivity index (χ0v) is 13.3. The van der Waals surface area contributed by atoms with Gasteiger partial charge >= 0.3 is 12.0 Å². The first kappa shape index (κ1) is 18.0. The fourth-order valence-corrected chi connectivity index (χ4v) is 2.13. The van der Waals surface area contributed by atoms with Crippen LogP contribution in [0.25, 0.3) is 0 Å². The smallest absolute Gasteiger partial charge is 0.322 e. The van der Waals surface area contributed by atoms with Crippen molar-refractivity contribution < 1.29 is 19.4 Å². The molecule has 2 N–H and O–H groups in total. The Bertz CT molecular complexity index is 474. The number of ether oxygens (including phenoxy) is 1. The van der Waals surface area contributed by atoms with E-state index in [2.05, 4.69) is 5.32 Å². The van der Waals surface area contributed by atoms with Crippen molar-refractivity contribution in [3.8, 4) is 0 Å². The van der Waals surface area contributed by atoms with Crippen LogP contribution in [0.1, 0.15) is 20.3 Å². The molecule has 22 heavy (non-hydrogen) atoms. The summed E-state index contributed by atoms with van der Waals surface area (Å²) in [6, 6.07) is 8.36. The van der Waals surface area contributed by atoms with Crippen LogP contribution in [-0.4, -0.2) is 48.3 Å². The van der Waals surface area contributed by atoms with Gasteiger partial charge in [-0.3, -0.25) is 4.79 Å². The molecule has 6 nitrogen and oxygen atoms in total. The van der Waals surface area contributed by atoms with Crippen LogP contribution in [0.15, 0.2) is 30.3 Å². The van der Waals surface area contributed by atoms with Crippen LogP contribution >= 0.6 is 0 Å². The summed E-state index contributed by atoms with van der Waals surface area (Å²) in [4.78, 5) is 25.5. The van der Waals surface area contributed by atoms with Gasteiger partial charge in [-0.05, 0) is 18.6 Å². The molecule has 0 aromatic heterocycles. The van der Waals surface area contributed by atoms with Crippen molar-refractivity contribution >= 4 is 17.7 Å². The summed E-state index contributed by atoms with van der Waals surface area (Å²) in [6.07, 6.45) is 0.590. The molecule has 2 amide bonds. The first-order valence-corrected chi connectivity index (χ1v) is 7.34. The van der Waals surface area contributed by atoms with E-state index in [-0.39, 0.29) is 31.2 Å². The lowest BCUT2D eigenvalue weighted by Crippen LogP contribution is -2.47. The monoisotopic (exact) mass is 308 g/mol. The molecule has 0 saturated carbocycles. The summed E-state index contributed by atoms with van der Waals surface area (Å²) < 4.78 is 4.70. The topological polar surface area (TPSA) is 78.9 Å². The molecule has 0 fully saturated rings. The molecule has 0 aliphatic heterocycles. The van der Waals surface area contributed by atoms with Crippen LogP contribution in [0.3, 0.4) is 0 Å². The fraction of sp³-hybridized carbons (Fsp3) is 0.500. The molecule has 0 saturated heterocycles. The van der Waals surface area contributed by atoms with E-state index in [1.807, 2.05) is 25.1 Å². The number of hydrogen-bond acceptors (Lipinski definition) is 4. The predicted octanol–water partition coefficient (Wildman–Crippen LogP) is 2.10. The first-order valence-electron chi connectivity index (χ1n) is 7.34. The van der Waals surface area contributed by atoms with Crippen LogP contribution in [0.2, 0.25) is 0 Å². The molecule has 0 heterocycles. The summed E-state index contributed by atoms with van der Waals surface area (Å²) in [5, 5.41) is 12.3. The minimum atomic E-state index is -0.466. The van der Waals surface area contributed by atoms with Crippen LogP contribution in [0, 0.1) is 5.92 Å². The number of anilines is 1. The number of benzene rings is 1. The summed E-state index contributed by atoms with van der Waals surface area (Å²) in [7, 11) is 1.32. The maximum Gasteiger partial charge on any atom is 0.322 e. The number of amides is 2. The average molecular weight is 308 g/mol. The third-order valence-corrected chi connectivity index (χ3v) is 3.48. The number of hydrogen-bond donors (Lipinski definition) is 2. The van der Waals surface area contributed by atoms with E-state index in [1.54, 1.807) is 19.1 Å². The van der Waals surface area contributed by atoms with Gasteiger partial charge in [0.1, 0.15) is 0 Å². The van der Waals surface area contributed by atoms with E-state index in [1.165, 1.54) is 12.0 Å². The Kier molecular flexibility index (Phi) is 7.39. The van der Waals surface area contributed by atoms with Crippen molar-refractivity contribution in [2.45, 2.75) is 26.3 Å². The molecule has 0 bridgehead atoms. The van der Waals surface area contributed by atoms with Crippen LogP contribution < -0.4 is 5.32 Å². The second-order valence-corrected chi connectivity index (χ2v) is 5.12. The summed E-state index contributed by atoms with van der Waals surface area (Å²) in [6.45, 7) is 3.60. The minimum absolute atomic E-state index is 0.160. The molecule has 122 valence electrons. The van der Waals surface area contributed by atoms with Crippen molar-refractivity contribution in [3.05, 3.63) is 30.3 Å². The van der Waals surface area contributed by atoms with E-state index in [9.17, 15) is 14.7 Å². The van der Waals surface area contributed by atoms with Gasteiger partial charge in [0.25, 0.3) is 0 Å². The number of esters is 1. The Morgan fingerprint density at radius 2 is 1.95 bits per heavy atom. The molecule has 0 spiro atoms. The van der Waals surface area contributed by atoms with Crippen molar-refractivity contribution in [1.82, 2.24) is 4.90 Å². The molecule has 0 aliphatic rings.